The van der Waals surface area contributed by atoms with Crippen LogP contribution in [0.25, 0.3) is 0 Å². The van der Waals surface area contributed by atoms with Gasteiger partial charge in [-0.3, -0.25) is 0 Å². The van der Waals surface area contributed by atoms with Gasteiger partial charge in [0.1, 0.15) is 6.33 Å². The van der Waals surface area contributed by atoms with E-state index in [1.165, 1.54) is 6.33 Å². The molecule has 0 unspecified atom stereocenters. The second-order valence-electron chi connectivity index (χ2n) is 3.58. The van der Waals surface area contributed by atoms with Crippen LogP contribution in [0.15, 0.2) is 12.5 Å². The minimum atomic E-state index is -0.0879. The number of urea groups is 1. The lowest BCUT2D eigenvalue weighted by atomic mass is 10.3. The van der Waals surface area contributed by atoms with Crippen LogP contribution in [0, 0.1) is 0 Å². The van der Waals surface area contributed by atoms with Gasteiger partial charge in [-0.2, -0.15) is 0 Å². The number of carbonyl (C=O) groups is 1. The zero-order valence-corrected chi connectivity index (χ0v) is 9.14. The van der Waals surface area contributed by atoms with Gasteiger partial charge in [0.15, 0.2) is 0 Å². The predicted octanol–water partition coefficient (Wildman–Crippen LogP) is 0.148. The Kier molecular flexibility index (Phi) is 3.31. The number of ether oxygens (including phenoxy) is 1. The number of nitrogens with one attached hydrogen (secondary N) is 1. The fraction of sp³-hybridized carbons (Fsp3) is 0.500. The number of hydrogen-bond acceptors (Lipinski definition) is 4. The van der Waals surface area contributed by atoms with Crippen molar-refractivity contribution in [3.05, 3.63) is 23.8 Å². The van der Waals surface area contributed by atoms with E-state index in [2.05, 4.69) is 15.3 Å². The maximum atomic E-state index is 11.7. The van der Waals surface area contributed by atoms with E-state index in [1.54, 1.807) is 18.2 Å². The summed E-state index contributed by atoms with van der Waals surface area (Å²) in [5.74, 6) is 0. The molecule has 1 aromatic heterocycles. The third-order valence-corrected chi connectivity index (χ3v) is 2.45. The highest BCUT2D eigenvalue weighted by molar-refractivity contribution is 5.74. The van der Waals surface area contributed by atoms with E-state index in [9.17, 15) is 4.79 Å². The summed E-state index contributed by atoms with van der Waals surface area (Å²) >= 11 is 0. The smallest absolute Gasteiger partial charge is 0.318 e. The molecule has 1 aromatic rings. The molecule has 0 spiro atoms. The molecule has 1 aliphatic heterocycles. The number of methoxy groups -OCH3 is 1. The van der Waals surface area contributed by atoms with Gasteiger partial charge in [-0.1, -0.05) is 0 Å². The normalized spacial score (nSPS) is 13.7. The second-order valence-corrected chi connectivity index (χ2v) is 3.58. The van der Waals surface area contributed by atoms with E-state index >= 15 is 0 Å². The molecule has 0 aromatic carbocycles. The molecule has 16 heavy (non-hydrogen) atoms. The average molecular weight is 222 g/mol. The number of fused-ring (bicyclic) bond motifs is 1. The van der Waals surface area contributed by atoms with Crippen molar-refractivity contribution >= 4 is 6.03 Å². The van der Waals surface area contributed by atoms with Crippen molar-refractivity contribution < 1.29 is 9.53 Å². The SMILES string of the molecule is COCCNC(=O)N1Cc2cncnc2C1. The van der Waals surface area contributed by atoms with Crippen LogP contribution in [-0.2, 0) is 17.8 Å². The van der Waals surface area contributed by atoms with Crippen LogP contribution in [0.1, 0.15) is 11.3 Å². The van der Waals surface area contributed by atoms with Crippen molar-refractivity contribution in [2.24, 2.45) is 0 Å². The zero-order chi connectivity index (χ0) is 11.4. The molecule has 2 heterocycles. The predicted molar refractivity (Wildman–Crippen MR) is 56.6 cm³/mol. The van der Waals surface area contributed by atoms with Gasteiger partial charge in [-0.15, -0.1) is 0 Å². The Hall–Kier alpha value is -1.69. The molecule has 0 aliphatic carbocycles. The Bertz CT molecular complexity index is 358. The molecule has 1 aliphatic rings. The van der Waals surface area contributed by atoms with Crippen LogP contribution in [0.3, 0.4) is 0 Å². The fourth-order valence-corrected chi connectivity index (χ4v) is 1.62. The monoisotopic (exact) mass is 222 g/mol. The zero-order valence-electron chi connectivity index (χ0n) is 9.14. The van der Waals surface area contributed by atoms with E-state index in [-0.39, 0.29) is 6.03 Å². The Morgan fingerprint density at radius 3 is 3.25 bits per heavy atom. The molecule has 2 amide bonds. The minimum Gasteiger partial charge on any atom is -0.383 e. The van der Waals surface area contributed by atoms with E-state index < -0.39 is 0 Å². The highest BCUT2D eigenvalue weighted by Crippen LogP contribution is 2.18. The van der Waals surface area contributed by atoms with Gasteiger partial charge in [0.05, 0.1) is 25.4 Å². The van der Waals surface area contributed by atoms with Gasteiger partial charge in [0, 0.05) is 25.4 Å². The molecule has 2 rings (SSSR count). The molecule has 86 valence electrons. The first kappa shape index (κ1) is 10.8. The van der Waals surface area contributed by atoms with Crippen LogP contribution >= 0.6 is 0 Å². The highest BCUT2D eigenvalue weighted by atomic mass is 16.5. The number of nitrogens with zero attached hydrogens (tertiary/aromatic N) is 3. The first-order valence-corrected chi connectivity index (χ1v) is 5.10. The van der Waals surface area contributed by atoms with Crippen LogP contribution in [0.5, 0.6) is 0 Å². The Labute approximate surface area is 93.6 Å². The van der Waals surface area contributed by atoms with Crippen LogP contribution in [0.2, 0.25) is 0 Å². The third kappa shape index (κ3) is 2.27. The Morgan fingerprint density at radius 2 is 2.50 bits per heavy atom. The molecule has 0 fully saturated rings. The third-order valence-electron chi connectivity index (χ3n) is 2.45. The van der Waals surface area contributed by atoms with Gasteiger partial charge in [0.25, 0.3) is 0 Å². The van der Waals surface area contributed by atoms with E-state index in [4.69, 9.17) is 4.74 Å². The summed E-state index contributed by atoms with van der Waals surface area (Å²) in [6.07, 6.45) is 3.26. The largest absolute Gasteiger partial charge is 0.383 e. The van der Waals surface area contributed by atoms with Crippen LogP contribution in [0.4, 0.5) is 4.79 Å². The summed E-state index contributed by atoms with van der Waals surface area (Å²) in [5, 5.41) is 2.77. The van der Waals surface area contributed by atoms with Gasteiger partial charge >= 0.3 is 6.03 Å². The number of amides is 2. The highest BCUT2D eigenvalue weighted by Gasteiger charge is 2.23. The lowest BCUT2D eigenvalue weighted by Crippen LogP contribution is -2.38. The summed E-state index contributed by atoms with van der Waals surface area (Å²) in [5.41, 5.74) is 1.95. The first-order chi connectivity index (χ1) is 7.81. The van der Waals surface area contributed by atoms with Crippen molar-refractivity contribution in [2.75, 3.05) is 20.3 Å². The second kappa shape index (κ2) is 4.89. The number of aromatic nitrogens is 2. The van der Waals surface area contributed by atoms with Gasteiger partial charge in [-0.25, -0.2) is 14.8 Å². The van der Waals surface area contributed by atoms with Crippen molar-refractivity contribution in [1.29, 1.82) is 0 Å². The molecule has 6 heteroatoms. The lowest BCUT2D eigenvalue weighted by molar-refractivity contribution is 0.179. The topological polar surface area (TPSA) is 67.3 Å². The Balaban J connectivity index is 1.88. The molecule has 6 nitrogen and oxygen atoms in total. The summed E-state index contributed by atoms with van der Waals surface area (Å²) in [6.45, 7) is 2.17. The van der Waals surface area contributed by atoms with Gasteiger partial charge < -0.3 is 15.0 Å². The quantitative estimate of drug-likeness (QED) is 0.739. The molecular formula is C10H14N4O2. The number of hydrogen-bond donors (Lipinski definition) is 1. The summed E-state index contributed by atoms with van der Waals surface area (Å²) in [4.78, 5) is 21.5. The molecule has 1 N–H and O–H groups in total. The first-order valence-electron chi connectivity index (χ1n) is 5.10. The van der Waals surface area contributed by atoms with Crippen LogP contribution in [-0.4, -0.2) is 41.2 Å². The van der Waals surface area contributed by atoms with Gasteiger partial charge in [-0.05, 0) is 0 Å². The molecular weight excluding hydrogens is 208 g/mol. The van der Waals surface area contributed by atoms with Crippen molar-refractivity contribution in [3.63, 3.8) is 0 Å². The van der Waals surface area contributed by atoms with Crippen molar-refractivity contribution in [1.82, 2.24) is 20.2 Å². The van der Waals surface area contributed by atoms with Crippen LogP contribution < -0.4 is 5.32 Å². The molecule has 0 saturated carbocycles. The van der Waals surface area contributed by atoms with E-state index in [1.807, 2.05) is 0 Å². The standard InChI is InChI=1S/C10H14N4O2/c1-16-3-2-12-10(15)14-5-8-4-11-7-13-9(8)6-14/h4,7H,2-3,5-6H2,1H3,(H,12,15). The van der Waals surface area contributed by atoms with Crippen molar-refractivity contribution in [3.8, 4) is 0 Å². The molecule has 0 saturated heterocycles. The van der Waals surface area contributed by atoms with Gasteiger partial charge in [0.2, 0.25) is 0 Å². The van der Waals surface area contributed by atoms with E-state index in [0.717, 1.165) is 11.3 Å². The Morgan fingerprint density at radius 1 is 1.62 bits per heavy atom. The molecule has 0 radical (unpaired) electrons. The summed E-state index contributed by atoms with van der Waals surface area (Å²) < 4.78 is 4.86. The average Bonchev–Trinajstić information content (AvgIpc) is 2.73. The number of carbonyl (C=O) groups excluding carboxylic acids is 1. The summed E-state index contributed by atoms with van der Waals surface area (Å²) in [6, 6.07) is -0.0879. The van der Waals surface area contributed by atoms with Crippen molar-refractivity contribution in [2.45, 2.75) is 13.1 Å². The summed E-state index contributed by atoms with van der Waals surface area (Å²) in [7, 11) is 1.60. The fourth-order valence-electron chi connectivity index (χ4n) is 1.62. The maximum Gasteiger partial charge on any atom is 0.318 e. The molecule has 0 bridgehead atoms. The maximum absolute atomic E-state index is 11.7. The molecule has 0 atom stereocenters. The minimum absolute atomic E-state index is 0.0879. The van der Waals surface area contributed by atoms with E-state index in [0.29, 0.717) is 26.2 Å². The number of rotatable bonds is 3. The lowest BCUT2D eigenvalue weighted by Gasteiger charge is -2.15.